The number of amides is 1. The highest BCUT2D eigenvalue weighted by Crippen LogP contribution is 2.43. The van der Waals surface area contributed by atoms with E-state index in [0.717, 1.165) is 36.4 Å². The van der Waals surface area contributed by atoms with Crippen molar-refractivity contribution in [1.29, 1.82) is 0 Å². The first-order chi connectivity index (χ1) is 16.6. The number of thiophene rings is 1. The molecule has 0 bridgehead atoms. The molecule has 0 saturated carbocycles. The molecule has 0 fully saturated rings. The minimum Gasteiger partial charge on any atom is -0.497 e. The molecule has 6 rings (SSSR count). The fraction of sp³-hybridized carbons (Fsp3) is 0.233. The van der Waals surface area contributed by atoms with Crippen molar-refractivity contribution >= 4 is 17.2 Å². The summed E-state index contributed by atoms with van der Waals surface area (Å²) in [6.07, 6.45) is 2.86. The zero-order valence-corrected chi connectivity index (χ0v) is 20.3. The first-order valence-electron chi connectivity index (χ1n) is 11.9. The molecule has 170 valence electrons. The molecular weight excluding hydrogens is 438 g/mol. The number of rotatable bonds is 3. The van der Waals surface area contributed by atoms with E-state index in [9.17, 15) is 4.79 Å². The van der Waals surface area contributed by atoms with E-state index in [1.807, 2.05) is 6.07 Å². The molecule has 1 atom stereocenters. The van der Waals surface area contributed by atoms with E-state index in [1.54, 1.807) is 18.4 Å². The summed E-state index contributed by atoms with van der Waals surface area (Å²) in [7, 11) is 1.70. The van der Waals surface area contributed by atoms with Crippen LogP contribution >= 0.6 is 11.3 Å². The molecule has 1 aliphatic carbocycles. The fourth-order valence-electron chi connectivity index (χ4n) is 5.36. The lowest BCUT2D eigenvalue weighted by atomic mass is 9.87. The quantitative estimate of drug-likeness (QED) is 0.340. The normalized spacial score (nSPS) is 16.4. The largest absolute Gasteiger partial charge is 0.497 e. The fourth-order valence-corrected chi connectivity index (χ4v) is 6.58. The molecule has 2 heterocycles. The molecular formula is C30H27NO2S. The summed E-state index contributed by atoms with van der Waals surface area (Å²) in [6.45, 7) is 2.83. The number of carbonyl (C=O) groups is 1. The standard InChI is InChI=1S/C30H27NO2S/c1-19-7-9-22(10-8-19)28-25-6-4-3-5-20(25)15-16-31(28)30(32)27-17-23-12-11-21-13-14-24(33-2)18-26(21)29(23)34-27/h3-10,13-14,17-18,28H,11-12,15-16H2,1-2H3. The predicted molar refractivity (Wildman–Crippen MR) is 138 cm³/mol. The number of hydrogen-bond acceptors (Lipinski definition) is 3. The van der Waals surface area contributed by atoms with Crippen LogP contribution in [-0.4, -0.2) is 24.5 Å². The molecule has 0 spiro atoms. The van der Waals surface area contributed by atoms with Crippen LogP contribution in [0.15, 0.2) is 72.8 Å². The van der Waals surface area contributed by atoms with Crippen LogP contribution < -0.4 is 4.74 Å². The number of hydrogen-bond donors (Lipinski definition) is 0. The predicted octanol–water partition coefficient (Wildman–Crippen LogP) is 6.62. The van der Waals surface area contributed by atoms with Gasteiger partial charge < -0.3 is 9.64 Å². The van der Waals surface area contributed by atoms with Crippen molar-refractivity contribution in [1.82, 2.24) is 4.90 Å². The molecule has 1 amide bonds. The lowest BCUT2D eigenvalue weighted by Crippen LogP contribution is -2.40. The Balaban J connectivity index is 1.41. The molecule has 1 aliphatic heterocycles. The molecule has 4 heteroatoms. The minimum atomic E-state index is -0.0652. The van der Waals surface area contributed by atoms with Gasteiger partial charge in [0.1, 0.15) is 5.75 Å². The SMILES string of the molecule is COc1ccc2c(c1)-c1sc(C(=O)N3CCc4ccccc4C3c3ccc(C)cc3)cc1CC2. The van der Waals surface area contributed by atoms with E-state index in [0.29, 0.717) is 0 Å². The number of methoxy groups -OCH3 is 1. The van der Waals surface area contributed by atoms with Crippen molar-refractivity contribution in [2.24, 2.45) is 0 Å². The second-order valence-corrected chi connectivity index (χ2v) is 10.3. The Hall–Kier alpha value is -3.37. The van der Waals surface area contributed by atoms with Crippen LogP contribution in [0, 0.1) is 6.92 Å². The Morgan fingerprint density at radius 2 is 1.71 bits per heavy atom. The highest BCUT2D eigenvalue weighted by Gasteiger charge is 2.34. The summed E-state index contributed by atoms with van der Waals surface area (Å²) in [4.78, 5) is 18.2. The number of ether oxygens (including phenoxy) is 1. The maximum absolute atomic E-state index is 14.0. The van der Waals surface area contributed by atoms with Crippen LogP contribution in [0.5, 0.6) is 5.75 Å². The van der Waals surface area contributed by atoms with Gasteiger partial charge in [0, 0.05) is 11.4 Å². The number of aryl methyl sites for hydroxylation is 3. The third-order valence-electron chi connectivity index (χ3n) is 7.18. The summed E-state index contributed by atoms with van der Waals surface area (Å²) >= 11 is 1.63. The summed E-state index contributed by atoms with van der Waals surface area (Å²) in [5.41, 5.74) is 8.79. The van der Waals surface area contributed by atoms with Crippen LogP contribution in [0.25, 0.3) is 10.4 Å². The smallest absolute Gasteiger partial charge is 0.264 e. The highest BCUT2D eigenvalue weighted by atomic mass is 32.1. The van der Waals surface area contributed by atoms with Crippen molar-refractivity contribution in [2.75, 3.05) is 13.7 Å². The van der Waals surface area contributed by atoms with Gasteiger partial charge in [-0.15, -0.1) is 11.3 Å². The van der Waals surface area contributed by atoms with Gasteiger partial charge in [-0.25, -0.2) is 0 Å². The van der Waals surface area contributed by atoms with Crippen LogP contribution in [0.3, 0.4) is 0 Å². The lowest BCUT2D eigenvalue weighted by Gasteiger charge is -2.37. The second kappa shape index (κ2) is 8.44. The summed E-state index contributed by atoms with van der Waals surface area (Å²) in [5.74, 6) is 0.990. The zero-order valence-electron chi connectivity index (χ0n) is 19.5. The maximum atomic E-state index is 14.0. The Morgan fingerprint density at radius 3 is 2.53 bits per heavy atom. The van der Waals surface area contributed by atoms with Gasteiger partial charge in [0.15, 0.2) is 0 Å². The third-order valence-corrected chi connectivity index (χ3v) is 8.38. The van der Waals surface area contributed by atoms with Crippen LogP contribution in [0.4, 0.5) is 0 Å². The Bertz CT molecular complexity index is 1390. The maximum Gasteiger partial charge on any atom is 0.264 e. The van der Waals surface area contributed by atoms with Gasteiger partial charge in [-0.1, -0.05) is 60.2 Å². The molecule has 3 nitrogen and oxygen atoms in total. The summed E-state index contributed by atoms with van der Waals surface area (Å²) in [6, 6.07) is 25.6. The van der Waals surface area contributed by atoms with Crippen LogP contribution in [0.2, 0.25) is 0 Å². The Kier molecular flexibility index (Phi) is 5.26. The van der Waals surface area contributed by atoms with E-state index >= 15 is 0 Å². The van der Waals surface area contributed by atoms with E-state index in [2.05, 4.69) is 78.6 Å². The molecule has 0 saturated heterocycles. The van der Waals surface area contributed by atoms with Gasteiger partial charge in [0.25, 0.3) is 5.91 Å². The molecule has 0 radical (unpaired) electrons. The van der Waals surface area contributed by atoms with Gasteiger partial charge in [0.05, 0.1) is 18.0 Å². The third kappa shape index (κ3) is 3.54. The Morgan fingerprint density at radius 1 is 0.912 bits per heavy atom. The number of nitrogens with zero attached hydrogens (tertiary/aromatic N) is 1. The van der Waals surface area contributed by atoms with E-state index < -0.39 is 0 Å². The molecule has 34 heavy (non-hydrogen) atoms. The topological polar surface area (TPSA) is 29.5 Å². The van der Waals surface area contributed by atoms with Gasteiger partial charge in [-0.2, -0.15) is 0 Å². The van der Waals surface area contributed by atoms with Crippen molar-refractivity contribution in [3.8, 4) is 16.2 Å². The molecule has 3 aromatic carbocycles. The number of benzene rings is 3. The average molecular weight is 466 g/mol. The van der Waals surface area contributed by atoms with E-state index in [1.165, 1.54) is 43.8 Å². The van der Waals surface area contributed by atoms with Gasteiger partial charge in [0.2, 0.25) is 0 Å². The lowest BCUT2D eigenvalue weighted by molar-refractivity contribution is 0.0699. The minimum absolute atomic E-state index is 0.0652. The van der Waals surface area contributed by atoms with E-state index in [4.69, 9.17) is 4.74 Å². The number of carbonyl (C=O) groups excluding carboxylic acids is 1. The Labute approximate surface area is 204 Å². The average Bonchev–Trinajstić information content (AvgIpc) is 3.33. The van der Waals surface area contributed by atoms with Gasteiger partial charge in [-0.3, -0.25) is 4.79 Å². The van der Waals surface area contributed by atoms with Gasteiger partial charge >= 0.3 is 0 Å². The summed E-state index contributed by atoms with van der Waals surface area (Å²) in [5, 5.41) is 0. The first-order valence-corrected chi connectivity index (χ1v) is 12.7. The first kappa shape index (κ1) is 21.2. The van der Waals surface area contributed by atoms with Crippen molar-refractivity contribution in [2.45, 2.75) is 32.2 Å². The van der Waals surface area contributed by atoms with Crippen molar-refractivity contribution in [3.05, 3.63) is 111 Å². The van der Waals surface area contributed by atoms with Crippen molar-refractivity contribution < 1.29 is 9.53 Å². The molecule has 1 unspecified atom stereocenters. The monoisotopic (exact) mass is 465 g/mol. The second-order valence-electron chi connectivity index (χ2n) is 9.25. The van der Waals surface area contributed by atoms with E-state index in [-0.39, 0.29) is 11.9 Å². The molecule has 4 aromatic rings. The van der Waals surface area contributed by atoms with Crippen LogP contribution in [-0.2, 0) is 19.3 Å². The van der Waals surface area contributed by atoms with Crippen molar-refractivity contribution in [3.63, 3.8) is 0 Å². The number of fused-ring (bicyclic) bond motifs is 4. The molecule has 1 aromatic heterocycles. The summed E-state index contributed by atoms with van der Waals surface area (Å²) < 4.78 is 5.48. The molecule has 0 N–H and O–H groups in total. The van der Waals surface area contributed by atoms with Crippen LogP contribution in [0.1, 0.15) is 49.1 Å². The van der Waals surface area contributed by atoms with Gasteiger partial charge in [-0.05, 0) is 77.8 Å². The molecule has 2 aliphatic rings. The highest BCUT2D eigenvalue weighted by molar-refractivity contribution is 7.17. The zero-order chi connectivity index (χ0) is 23.2.